The highest BCUT2D eigenvalue weighted by molar-refractivity contribution is 4.86. The third kappa shape index (κ3) is 3.76. The van der Waals surface area contributed by atoms with Gasteiger partial charge < -0.3 is 5.11 Å². The van der Waals surface area contributed by atoms with Gasteiger partial charge >= 0.3 is 0 Å². The van der Waals surface area contributed by atoms with E-state index in [1.807, 2.05) is 0 Å². The number of aliphatic hydroxyl groups excluding tert-OH is 1. The van der Waals surface area contributed by atoms with Gasteiger partial charge in [0.05, 0.1) is 6.61 Å². The summed E-state index contributed by atoms with van der Waals surface area (Å²) < 4.78 is 0. The number of hydrogen-bond donors (Lipinski definition) is 1. The first-order valence-corrected chi connectivity index (χ1v) is 6.54. The summed E-state index contributed by atoms with van der Waals surface area (Å²) in [6.45, 7) is 9.47. The number of unbranched alkanes of at least 4 members (excludes halogenated alkanes) is 2. The molecule has 2 heteroatoms. The van der Waals surface area contributed by atoms with Crippen molar-refractivity contribution in [2.45, 2.75) is 52.5 Å². The van der Waals surface area contributed by atoms with E-state index in [0.29, 0.717) is 12.6 Å². The van der Waals surface area contributed by atoms with E-state index in [9.17, 15) is 0 Å². The van der Waals surface area contributed by atoms with Gasteiger partial charge in [-0.25, -0.2) is 0 Å². The minimum absolute atomic E-state index is 0.303. The van der Waals surface area contributed by atoms with Crippen LogP contribution in [0.15, 0.2) is 0 Å². The smallest absolute Gasteiger partial charge is 0.0584 e. The Morgan fingerprint density at radius 1 is 1.27 bits per heavy atom. The fraction of sp³-hybridized carbons (Fsp3) is 1.00. The molecule has 1 rings (SSSR count). The second kappa shape index (κ2) is 6.49. The SMILES string of the molecule is CCCCCC(C)C1CN([C@@H](C)CO)C1. The summed E-state index contributed by atoms with van der Waals surface area (Å²) in [5, 5.41) is 9.03. The van der Waals surface area contributed by atoms with Crippen LogP contribution >= 0.6 is 0 Å². The average Bonchev–Trinajstić information content (AvgIpc) is 2.15. The van der Waals surface area contributed by atoms with Crippen LogP contribution in [0.2, 0.25) is 0 Å². The second-order valence-electron chi connectivity index (χ2n) is 5.22. The molecule has 1 heterocycles. The Morgan fingerprint density at radius 3 is 2.47 bits per heavy atom. The van der Waals surface area contributed by atoms with Gasteiger partial charge in [0, 0.05) is 19.1 Å². The van der Waals surface area contributed by atoms with E-state index in [4.69, 9.17) is 5.11 Å². The van der Waals surface area contributed by atoms with Gasteiger partial charge in [-0.1, -0.05) is 39.5 Å². The summed E-state index contributed by atoms with van der Waals surface area (Å²) >= 11 is 0. The molecule has 0 bridgehead atoms. The van der Waals surface area contributed by atoms with Crippen LogP contribution in [0.4, 0.5) is 0 Å². The van der Waals surface area contributed by atoms with Gasteiger partial charge in [0.1, 0.15) is 0 Å². The van der Waals surface area contributed by atoms with E-state index in [0.717, 1.165) is 11.8 Å². The Morgan fingerprint density at radius 2 is 1.93 bits per heavy atom. The van der Waals surface area contributed by atoms with Crippen LogP contribution < -0.4 is 0 Å². The van der Waals surface area contributed by atoms with Crippen molar-refractivity contribution in [2.24, 2.45) is 11.8 Å². The lowest BCUT2D eigenvalue weighted by Gasteiger charge is -2.45. The highest BCUT2D eigenvalue weighted by Gasteiger charge is 2.32. The first-order valence-electron chi connectivity index (χ1n) is 6.54. The first kappa shape index (κ1) is 13.0. The van der Waals surface area contributed by atoms with Gasteiger partial charge in [0.2, 0.25) is 0 Å². The highest BCUT2D eigenvalue weighted by Crippen LogP contribution is 2.28. The fourth-order valence-corrected chi connectivity index (χ4v) is 2.34. The topological polar surface area (TPSA) is 23.5 Å². The van der Waals surface area contributed by atoms with Gasteiger partial charge in [-0.2, -0.15) is 0 Å². The van der Waals surface area contributed by atoms with Crippen LogP contribution in [0.1, 0.15) is 46.5 Å². The molecule has 1 aliphatic rings. The molecule has 0 spiro atoms. The van der Waals surface area contributed by atoms with E-state index >= 15 is 0 Å². The third-order valence-electron chi connectivity index (χ3n) is 3.89. The number of aliphatic hydroxyl groups is 1. The number of nitrogens with zero attached hydrogens (tertiary/aromatic N) is 1. The molecule has 0 aromatic rings. The zero-order chi connectivity index (χ0) is 11.3. The van der Waals surface area contributed by atoms with Crippen molar-refractivity contribution in [2.75, 3.05) is 19.7 Å². The lowest BCUT2D eigenvalue weighted by molar-refractivity contribution is 0.00656. The molecule has 0 aromatic carbocycles. The Kier molecular flexibility index (Phi) is 5.62. The van der Waals surface area contributed by atoms with Gasteiger partial charge in [-0.3, -0.25) is 4.90 Å². The molecular formula is C13H27NO. The molecule has 0 aliphatic carbocycles. The summed E-state index contributed by atoms with van der Waals surface area (Å²) in [5.74, 6) is 1.76. The predicted molar refractivity (Wildman–Crippen MR) is 64.9 cm³/mol. The molecular weight excluding hydrogens is 186 g/mol. The Hall–Kier alpha value is -0.0800. The average molecular weight is 213 g/mol. The summed E-state index contributed by atoms with van der Waals surface area (Å²) in [5.41, 5.74) is 0. The molecule has 0 saturated carbocycles. The Labute approximate surface area is 94.7 Å². The molecule has 2 nitrogen and oxygen atoms in total. The lowest BCUT2D eigenvalue weighted by Crippen LogP contribution is -2.54. The molecule has 1 saturated heterocycles. The van der Waals surface area contributed by atoms with Crippen LogP contribution in [0.5, 0.6) is 0 Å². The fourth-order valence-electron chi connectivity index (χ4n) is 2.34. The van der Waals surface area contributed by atoms with E-state index in [2.05, 4.69) is 25.7 Å². The first-order chi connectivity index (χ1) is 7.19. The number of rotatable bonds is 7. The molecule has 1 N–H and O–H groups in total. The molecule has 1 aliphatic heterocycles. The highest BCUT2D eigenvalue weighted by atomic mass is 16.3. The summed E-state index contributed by atoms with van der Waals surface area (Å²) in [4.78, 5) is 2.39. The van der Waals surface area contributed by atoms with Crippen molar-refractivity contribution in [1.82, 2.24) is 4.90 Å². The van der Waals surface area contributed by atoms with Crippen molar-refractivity contribution >= 4 is 0 Å². The zero-order valence-corrected chi connectivity index (χ0v) is 10.6. The van der Waals surface area contributed by atoms with Crippen LogP contribution in [0.3, 0.4) is 0 Å². The van der Waals surface area contributed by atoms with Crippen LogP contribution in [0.25, 0.3) is 0 Å². The van der Waals surface area contributed by atoms with Crippen molar-refractivity contribution < 1.29 is 5.11 Å². The van der Waals surface area contributed by atoms with Crippen molar-refractivity contribution in [3.05, 3.63) is 0 Å². The van der Waals surface area contributed by atoms with E-state index < -0.39 is 0 Å². The van der Waals surface area contributed by atoms with Gasteiger partial charge in [-0.15, -0.1) is 0 Å². The zero-order valence-electron chi connectivity index (χ0n) is 10.6. The van der Waals surface area contributed by atoms with Crippen molar-refractivity contribution in [3.8, 4) is 0 Å². The molecule has 0 radical (unpaired) electrons. The molecule has 2 atom stereocenters. The molecule has 0 aromatic heterocycles. The molecule has 90 valence electrons. The Balaban J connectivity index is 2.09. The quantitative estimate of drug-likeness (QED) is 0.657. The lowest BCUT2D eigenvalue weighted by atomic mass is 9.83. The van der Waals surface area contributed by atoms with Crippen LogP contribution in [0, 0.1) is 11.8 Å². The maximum Gasteiger partial charge on any atom is 0.0584 e. The minimum Gasteiger partial charge on any atom is -0.395 e. The standard InChI is InChI=1S/C13H27NO/c1-4-5-6-7-11(2)13-8-14(9-13)12(3)10-15/h11-13,15H,4-10H2,1-3H3/t11?,12-/m0/s1. The number of hydrogen-bond acceptors (Lipinski definition) is 2. The third-order valence-corrected chi connectivity index (χ3v) is 3.89. The monoisotopic (exact) mass is 213 g/mol. The number of likely N-dealkylation sites (tertiary alicyclic amines) is 1. The molecule has 1 fully saturated rings. The maximum atomic E-state index is 9.03. The summed E-state index contributed by atoms with van der Waals surface area (Å²) in [6.07, 6.45) is 5.49. The largest absolute Gasteiger partial charge is 0.395 e. The van der Waals surface area contributed by atoms with E-state index in [1.54, 1.807) is 0 Å². The van der Waals surface area contributed by atoms with Crippen molar-refractivity contribution in [1.29, 1.82) is 0 Å². The normalized spacial score (nSPS) is 22.4. The molecule has 0 amide bonds. The minimum atomic E-state index is 0.303. The van der Waals surface area contributed by atoms with Crippen LogP contribution in [-0.4, -0.2) is 35.7 Å². The van der Waals surface area contributed by atoms with Gasteiger partial charge in [0.25, 0.3) is 0 Å². The Bertz CT molecular complexity index is 166. The molecule has 15 heavy (non-hydrogen) atoms. The van der Waals surface area contributed by atoms with Gasteiger partial charge in [0.15, 0.2) is 0 Å². The van der Waals surface area contributed by atoms with Crippen molar-refractivity contribution in [3.63, 3.8) is 0 Å². The predicted octanol–water partition coefficient (Wildman–Crippen LogP) is 2.52. The van der Waals surface area contributed by atoms with Crippen LogP contribution in [-0.2, 0) is 0 Å². The van der Waals surface area contributed by atoms with E-state index in [-0.39, 0.29) is 0 Å². The van der Waals surface area contributed by atoms with Gasteiger partial charge in [-0.05, 0) is 18.8 Å². The summed E-state index contributed by atoms with van der Waals surface area (Å²) in [6, 6.07) is 0.365. The maximum absolute atomic E-state index is 9.03. The second-order valence-corrected chi connectivity index (χ2v) is 5.22. The van der Waals surface area contributed by atoms with E-state index in [1.165, 1.54) is 38.8 Å². The molecule has 1 unspecified atom stereocenters. The summed E-state index contributed by atoms with van der Waals surface area (Å²) in [7, 11) is 0.